The molecule has 0 saturated carbocycles. The van der Waals surface area contributed by atoms with Crippen molar-refractivity contribution in [2.45, 2.75) is 24.2 Å². The predicted molar refractivity (Wildman–Crippen MR) is 124 cm³/mol. The fourth-order valence-corrected chi connectivity index (χ4v) is 5.73. The molecule has 33 heavy (non-hydrogen) atoms. The minimum absolute atomic E-state index is 0.0273. The van der Waals surface area contributed by atoms with Crippen LogP contribution in [0.25, 0.3) is 0 Å². The summed E-state index contributed by atoms with van der Waals surface area (Å²) in [6.07, 6.45) is 8.41. The van der Waals surface area contributed by atoms with Gasteiger partial charge in [0.15, 0.2) is 0 Å². The number of piperidine rings is 1. The maximum atomic E-state index is 12.7. The number of sulfonamides is 1. The van der Waals surface area contributed by atoms with Crippen molar-refractivity contribution in [3.05, 3.63) is 43.0 Å². The van der Waals surface area contributed by atoms with Gasteiger partial charge in [-0.05, 0) is 44.0 Å². The van der Waals surface area contributed by atoms with Crippen molar-refractivity contribution in [2.24, 2.45) is 5.92 Å². The smallest absolute Gasteiger partial charge is 0.244 e. The number of rotatable bonds is 8. The molecule has 0 aliphatic carbocycles. The van der Waals surface area contributed by atoms with Gasteiger partial charge in [0.05, 0.1) is 0 Å². The molecule has 0 radical (unpaired) electrons. The molecule has 2 aromatic rings. The molecule has 2 saturated heterocycles. The van der Waals surface area contributed by atoms with Crippen LogP contribution in [0, 0.1) is 5.92 Å². The Balaban J connectivity index is 1.12. The molecule has 0 atom stereocenters. The lowest BCUT2D eigenvalue weighted by atomic mass is 9.97. The number of amides is 1. The Hall–Kier alpha value is -2.63. The zero-order chi connectivity index (χ0) is 23.1. The third kappa shape index (κ3) is 6.04. The monoisotopic (exact) mass is 473 g/mol. The minimum Gasteiger partial charge on any atom is -0.356 e. The van der Waals surface area contributed by atoms with E-state index in [0.29, 0.717) is 32.5 Å². The van der Waals surface area contributed by atoms with Crippen molar-refractivity contribution >= 4 is 21.9 Å². The van der Waals surface area contributed by atoms with E-state index in [4.69, 9.17) is 0 Å². The second-order valence-corrected chi connectivity index (χ2v) is 10.3. The Morgan fingerprint density at radius 3 is 2.39 bits per heavy atom. The summed E-state index contributed by atoms with van der Waals surface area (Å²) in [5, 5.41) is 3.04. The first-order valence-electron chi connectivity index (χ1n) is 11.5. The van der Waals surface area contributed by atoms with Gasteiger partial charge in [-0.2, -0.15) is 4.31 Å². The molecule has 2 aliphatic heterocycles. The topological polar surface area (TPSA) is 112 Å². The van der Waals surface area contributed by atoms with Crippen molar-refractivity contribution in [1.29, 1.82) is 0 Å². The Morgan fingerprint density at radius 2 is 1.73 bits per heavy atom. The van der Waals surface area contributed by atoms with E-state index in [9.17, 15) is 13.2 Å². The highest BCUT2D eigenvalue weighted by atomic mass is 32.2. The number of carbonyl (C=O) groups is 1. The molecule has 11 heteroatoms. The van der Waals surface area contributed by atoms with Gasteiger partial charge < -0.3 is 10.2 Å². The molecular formula is C22H31N7O3S. The fourth-order valence-electron chi connectivity index (χ4n) is 4.29. The Morgan fingerprint density at radius 1 is 1.00 bits per heavy atom. The highest BCUT2D eigenvalue weighted by molar-refractivity contribution is 7.89. The minimum atomic E-state index is -3.54. The summed E-state index contributed by atoms with van der Waals surface area (Å²) in [6.45, 7) is 5.98. The lowest BCUT2D eigenvalue weighted by molar-refractivity contribution is -0.126. The number of piperazine rings is 1. The van der Waals surface area contributed by atoms with Crippen molar-refractivity contribution in [3.8, 4) is 0 Å². The van der Waals surface area contributed by atoms with Crippen LogP contribution in [0.2, 0.25) is 0 Å². The first-order chi connectivity index (χ1) is 16.0. The average molecular weight is 474 g/mol. The summed E-state index contributed by atoms with van der Waals surface area (Å²) in [5.74, 6) is 0.669. The number of carbonyl (C=O) groups excluding carboxylic acids is 1. The fraction of sp³-hybridized carbons (Fsp3) is 0.545. The number of hydrogen-bond acceptors (Lipinski definition) is 8. The summed E-state index contributed by atoms with van der Waals surface area (Å²) in [4.78, 5) is 29.9. The summed E-state index contributed by atoms with van der Waals surface area (Å²) < 4.78 is 26.8. The molecule has 178 valence electrons. The van der Waals surface area contributed by atoms with E-state index in [2.05, 4.69) is 30.1 Å². The highest BCUT2D eigenvalue weighted by Gasteiger charge is 2.32. The van der Waals surface area contributed by atoms with Gasteiger partial charge >= 0.3 is 0 Å². The van der Waals surface area contributed by atoms with Gasteiger partial charge in [0.25, 0.3) is 0 Å². The molecule has 0 unspecified atom stereocenters. The molecular weight excluding hydrogens is 442 g/mol. The van der Waals surface area contributed by atoms with Gasteiger partial charge in [-0.15, -0.1) is 0 Å². The van der Waals surface area contributed by atoms with Crippen molar-refractivity contribution < 1.29 is 13.2 Å². The third-order valence-electron chi connectivity index (χ3n) is 6.25. The van der Waals surface area contributed by atoms with E-state index >= 15 is 0 Å². The number of nitrogens with zero attached hydrogens (tertiary/aromatic N) is 6. The lowest BCUT2D eigenvalue weighted by Crippen LogP contribution is -2.47. The van der Waals surface area contributed by atoms with E-state index in [0.717, 1.165) is 45.1 Å². The molecule has 1 amide bonds. The number of anilines is 1. The number of nitrogens with one attached hydrogen (secondary N) is 1. The van der Waals surface area contributed by atoms with Crippen LogP contribution < -0.4 is 10.2 Å². The van der Waals surface area contributed by atoms with Crippen LogP contribution in [0.1, 0.15) is 19.3 Å². The molecule has 1 N–H and O–H groups in total. The zero-order valence-corrected chi connectivity index (χ0v) is 19.5. The second-order valence-electron chi connectivity index (χ2n) is 8.39. The van der Waals surface area contributed by atoms with E-state index in [-0.39, 0.29) is 16.7 Å². The average Bonchev–Trinajstić information content (AvgIpc) is 2.88. The third-order valence-corrected chi connectivity index (χ3v) is 8.14. The van der Waals surface area contributed by atoms with Gasteiger partial charge in [-0.3, -0.25) is 14.7 Å². The summed E-state index contributed by atoms with van der Waals surface area (Å²) in [6, 6.07) is 4.99. The molecule has 4 rings (SSSR count). The van der Waals surface area contributed by atoms with Crippen LogP contribution in [0.4, 0.5) is 5.95 Å². The maximum absolute atomic E-state index is 12.7. The first kappa shape index (κ1) is 23.5. The first-order valence-corrected chi connectivity index (χ1v) is 12.9. The van der Waals surface area contributed by atoms with Gasteiger partial charge in [-0.25, -0.2) is 18.4 Å². The van der Waals surface area contributed by atoms with Gasteiger partial charge in [-0.1, -0.05) is 0 Å². The Labute approximate surface area is 195 Å². The highest BCUT2D eigenvalue weighted by Crippen LogP contribution is 2.23. The van der Waals surface area contributed by atoms with Crippen LogP contribution in [-0.4, -0.2) is 90.8 Å². The maximum Gasteiger partial charge on any atom is 0.244 e. The lowest BCUT2D eigenvalue weighted by Gasteiger charge is -2.34. The Kier molecular flexibility index (Phi) is 7.84. The van der Waals surface area contributed by atoms with E-state index in [1.165, 1.54) is 10.5 Å². The van der Waals surface area contributed by atoms with Crippen LogP contribution in [0.15, 0.2) is 47.9 Å². The van der Waals surface area contributed by atoms with Gasteiger partial charge in [0, 0.05) is 76.5 Å². The predicted octanol–water partition coefficient (Wildman–Crippen LogP) is 0.601. The quantitative estimate of drug-likeness (QED) is 0.555. The second kappa shape index (κ2) is 11.0. The number of pyridine rings is 1. The molecule has 0 bridgehead atoms. The number of aromatic nitrogens is 3. The normalized spacial score (nSPS) is 18.8. The standard InChI is InChI=1S/C22H31N7O3S/c30-21(19-5-12-29(13-6-19)33(31,32)20-4-1-7-23-18-20)24-10-3-11-27-14-16-28(17-15-27)22-25-8-2-9-26-22/h1-2,4,7-9,18-19H,3,5-6,10-17H2,(H,24,30). The summed E-state index contributed by atoms with van der Waals surface area (Å²) in [5.41, 5.74) is 0. The van der Waals surface area contributed by atoms with Crippen LogP contribution in [0.5, 0.6) is 0 Å². The molecule has 0 spiro atoms. The van der Waals surface area contributed by atoms with Crippen LogP contribution >= 0.6 is 0 Å². The zero-order valence-electron chi connectivity index (χ0n) is 18.7. The van der Waals surface area contributed by atoms with Crippen molar-refractivity contribution in [3.63, 3.8) is 0 Å². The van der Waals surface area contributed by atoms with Crippen LogP contribution in [-0.2, 0) is 14.8 Å². The molecule has 2 aliphatic rings. The van der Waals surface area contributed by atoms with E-state index < -0.39 is 10.0 Å². The van der Waals surface area contributed by atoms with Gasteiger partial charge in [0.1, 0.15) is 4.90 Å². The SMILES string of the molecule is O=C(NCCCN1CCN(c2ncccn2)CC1)C1CCN(S(=O)(=O)c2cccnc2)CC1. The van der Waals surface area contributed by atoms with Crippen molar-refractivity contribution in [2.75, 3.05) is 57.3 Å². The summed E-state index contributed by atoms with van der Waals surface area (Å²) >= 11 is 0. The molecule has 4 heterocycles. The van der Waals surface area contributed by atoms with Crippen LogP contribution in [0.3, 0.4) is 0 Å². The largest absolute Gasteiger partial charge is 0.356 e. The molecule has 0 aromatic carbocycles. The molecule has 2 aromatic heterocycles. The van der Waals surface area contributed by atoms with Crippen molar-refractivity contribution in [1.82, 2.24) is 29.5 Å². The van der Waals surface area contributed by atoms with E-state index in [1.54, 1.807) is 30.7 Å². The van der Waals surface area contributed by atoms with E-state index in [1.807, 2.05) is 6.07 Å². The Bertz CT molecular complexity index is 991. The van der Waals surface area contributed by atoms with Gasteiger partial charge in [0.2, 0.25) is 21.9 Å². The molecule has 10 nitrogen and oxygen atoms in total. The summed E-state index contributed by atoms with van der Waals surface area (Å²) in [7, 11) is -3.54. The number of hydrogen-bond donors (Lipinski definition) is 1. The molecule has 2 fully saturated rings.